The zero-order chi connectivity index (χ0) is 13.7. The summed E-state index contributed by atoms with van der Waals surface area (Å²) in [5, 5.41) is 9.52. The second kappa shape index (κ2) is 6.47. The zero-order valence-electron chi connectivity index (χ0n) is 10.8. The van der Waals surface area contributed by atoms with Gasteiger partial charge in [-0.2, -0.15) is 0 Å². The smallest absolute Gasteiger partial charge is 0.256 e. The number of methoxy groups -OCH3 is 1. The molecule has 5 heteroatoms. The van der Waals surface area contributed by atoms with E-state index in [1.807, 2.05) is 0 Å². The van der Waals surface area contributed by atoms with Crippen LogP contribution in [-0.2, 0) is 4.74 Å². The number of nitrogens with zero attached hydrogens (tertiary/aromatic N) is 1. The van der Waals surface area contributed by atoms with Crippen LogP contribution in [0.2, 0.25) is 0 Å². The molecule has 0 bridgehead atoms. The molecule has 1 aromatic rings. The Kier molecular flexibility index (Phi) is 5.25. The topological polar surface area (TPSA) is 49.8 Å². The Labute approximate surface area is 106 Å². The first-order valence-corrected chi connectivity index (χ1v) is 5.64. The fourth-order valence-corrected chi connectivity index (χ4v) is 1.64. The molecular formula is C13H18FNO3. The molecule has 0 aliphatic carbocycles. The summed E-state index contributed by atoms with van der Waals surface area (Å²) < 4.78 is 18.4. The highest BCUT2D eigenvalue weighted by Crippen LogP contribution is 2.12. The average molecular weight is 255 g/mol. The van der Waals surface area contributed by atoms with Gasteiger partial charge in [0, 0.05) is 20.7 Å². The molecule has 0 spiro atoms. The Bertz CT molecular complexity index is 423. The van der Waals surface area contributed by atoms with E-state index in [-0.39, 0.29) is 18.7 Å². The number of carbonyl (C=O) groups is 1. The van der Waals surface area contributed by atoms with Gasteiger partial charge in [0.25, 0.3) is 5.91 Å². The van der Waals surface area contributed by atoms with Crippen LogP contribution in [0.25, 0.3) is 0 Å². The quantitative estimate of drug-likeness (QED) is 0.860. The molecule has 1 amide bonds. The second-order valence-corrected chi connectivity index (χ2v) is 4.28. The lowest BCUT2D eigenvalue weighted by Gasteiger charge is -2.20. The number of aryl methyl sites for hydroxylation is 1. The molecule has 100 valence electrons. The number of aliphatic hydroxyl groups is 1. The molecule has 4 nitrogen and oxygen atoms in total. The van der Waals surface area contributed by atoms with Crippen molar-refractivity contribution in [3.63, 3.8) is 0 Å². The maximum atomic E-state index is 13.6. The SMILES string of the molecule is COC[C@H](O)CN(C)C(=O)c1ccc(C)cc1F. The molecule has 0 aromatic heterocycles. The normalized spacial score (nSPS) is 12.3. The predicted molar refractivity (Wildman–Crippen MR) is 66.0 cm³/mol. The van der Waals surface area contributed by atoms with Crippen LogP contribution in [0, 0.1) is 12.7 Å². The van der Waals surface area contributed by atoms with Gasteiger partial charge in [-0.05, 0) is 24.6 Å². The van der Waals surface area contributed by atoms with Crippen molar-refractivity contribution >= 4 is 5.91 Å². The summed E-state index contributed by atoms with van der Waals surface area (Å²) in [7, 11) is 2.98. The van der Waals surface area contributed by atoms with Crippen LogP contribution < -0.4 is 0 Å². The van der Waals surface area contributed by atoms with E-state index in [4.69, 9.17) is 4.74 Å². The number of rotatable bonds is 5. The molecule has 0 saturated carbocycles. The van der Waals surface area contributed by atoms with Gasteiger partial charge in [0.2, 0.25) is 0 Å². The molecule has 1 atom stereocenters. The molecule has 0 aliphatic heterocycles. The molecule has 0 radical (unpaired) electrons. The zero-order valence-corrected chi connectivity index (χ0v) is 10.8. The number of hydrogen-bond donors (Lipinski definition) is 1. The Morgan fingerprint density at radius 1 is 1.56 bits per heavy atom. The number of likely N-dealkylation sites (N-methyl/N-ethyl adjacent to an activating group) is 1. The van der Waals surface area contributed by atoms with Gasteiger partial charge in [-0.15, -0.1) is 0 Å². The Balaban J connectivity index is 2.74. The summed E-state index contributed by atoms with van der Waals surface area (Å²) in [6, 6.07) is 4.44. The van der Waals surface area contributed by atoms with Crippen molar-refractivity contribution in [3.8, 4) is 0 Å². The summed E-state index contributed by atoms with van der Waals surface area (Å²) in [5.41, 5.74) is 0.763. The van der Waals surface area contributed by atoms with Crippen LogP contribution in [0.15, 0.2) is 18.2 Å². The fraction of sp³-hybridized carbons (Fsp3) is 0.462. The maximum Gasteiger partial charge on any atom is 0.256 e. The third-order valence-electron chi connectivity index (χ3n) is 2.55. The highest BCUT2D eigenvalue weighted by atomic mass is 19.1. The summed E-state index contributed by atoms with van der Waals surface area (Å²) in [4.78, 5) is 13.2. The molecule has 1 aromatic carbocycles. The van der Waals surface area contributed by atoms with Gasteiger partial charge in [0.05, 0.1) is 18.3 Å². The van der Waals surface area contributed by atoms with Gasteiger partial charge >= 0.3 is 0 Å². The number of carbonyl (C=O) groups excluding carboxylic acids is 1. The van der Waals surface area contributed by atoms with Gasteiger partial charge in [-0.1, -0.05) is 6.07 Å². The number of aliphatic hydroxyl groups excluding tert-OH is 1. The molecule has 0 fully saturated rings. The van der Waals surface area contributed by atoms with E-state index in [2.05, 4.69) is 0 Å². The second-order valence-electron chi connectivity index (χ2n) is 4.28. The predicted octanol–water partition coefficient (Wildman–Crippen LogP) is 1.21. The van der Waals surface area contributed by atoms with Crippen molar-refractivity contribution in [3.05, 3.63) is 35.1 Å². The molecule has 0 unspecified atom stereocenters. The number of halogens is 1. The lowest BCUT2D eigenvalue weighted by atomic mass is 10.1. The van der Waals surface area contributed by atoms with Crippen LogP contribution in [0.1, 0.15) is 15.9 Å². The van der Waals surface area contributed by atoms with Crippen molar-refractivity contribution in [2.75, 3.05) is 27.3 Å². The van der Waals surface area contributed by atoms with E-state index in [9.17, 15) is 14.3 Å². The van der Waals surface area contributed by atoms with Gasteiger partial charge < -0.3 is 14.7 Å². The van der Waals surface area contributed by atoms with Crippen LogP contribution in [0.4, 0.5) is 4.39 Å². The third kappa shape index (κ3) is 3.78. The van der Waals surface area contributed by atoms with E-state index in [0.717, 1.165) is 5.56 Å². The molecule has 1 N–H and O–H groups in total. The first kappa shape index (κ1) is 14.6. The molecule has 0 aliphatic rings. The molecule has 0 heterocycles. The number of hydrogen-bond acceptors (Lipinski definition) is 3. The minimum atomic E-state index is -0.780. The van der Waals surface area contributed by atoms with Crippen molar-refractivity contribution in [1.29, 1.82) is 0 Å². The number of ether oxygens (including phenoxy) is 1. The van der Waals surface area contributed by atoms with Crippen molar-refractivity contribution in [1.82, 2.24) is 4.90 Å². The van der Waals surface area contributed by atoms with E-state index in [1.165, 1.54) is 31.2 Å². The van der Waals surface area contributed by atoms with E-state index < -0.39 is 17.8 Å². The Morgan fingerprint density at radius 2 is 2.22 bits per heavy atom. The Hall–Kier alpha value is -1.46. The van der Waals surface area contributed by atoms with Crippen molar-refractivity contribution in [2.45, 2.75) is 13.0 Å². The van der Waals surface area contributed by atoms with Gasteiger partial charge in [-0.3, -0.25) is 4.79 Å². The average Bonchev–Trinajstić information content (AvgIpc) is 2.28. The summed E-state index contributed by atoms with van der Waals surface area (Å²) >= 11 is 0. The largest absolute Gasteiger partial charge is 0.389 e. The van der Waals surface area contributed by atoms with Crippen LogP contribution in [0.5, 0.6) is 0 Å². The van der Waals surface area contributed by atoms with Gasteiger partial charge in [0.1, 0.15) is 5.82 Å². The fourth-order valence-electron chi connectivity index (χ4n) is 1.64. The lowest BCUT2D eigenvalue weighted by Crippen LogP contribution is -2.36. The standard InChI is InChI=1S/C13H18FNO3/c1-9-4-5-11(12(14)6-9)13(17)15(2)7-10(16)8-18-3/h4-6,10,16H,7-8H2,1-3H3/t10-/m1/s1. The van der Waals surface area contributed by atoms with Crippen LogP contribution in [0.3, 0.4) is 0 Å². The summed E-state index contributed by atoms with van der Waals surface area (Å²) in [5.74, 6) is -1.00. The molecular weight excluding hydrogens is 237 g/mol. The molecule has 1 rings (SSSR count). The monoisotopic (exact) mass is 255 g/mol. The maximum absolute atomic E-state index is 13.6. The van der Waals surface area contributed by atoms with Crippen molar-refractivity contribution < 1.29 is 19.0 Å². The van der Waals surface area contributed by atoms with Crippen LogP contribution in [-0.4, -0.2) is 49.3 Å². The van der Waals surface area contributed by atoms with E-state index >= 15 is 0 Å². The summed E-state index contributed by atoms with van der Waals surface area (Å²) in [6.45, 7) is 1.98. The van der Waals surface area contributed by atoms with Crippen molar-refractivity contribution in [2.24, 2.45) is 0 Å². The third-order valence-corrected chi connectivity index (χ3v) is 2.55. The molecule has 0 saturated heterocycles. The first-order chi connectivity index (χ1) is 8.45. The van der Waals surface area contributed by atoms with E-state index in [1.54, 1.807) is 13.0 Å². The highest BCUT2D eigenvalue weighted by Gasteiger charge is 2.18. The van der Waals surface area contributed by atoms with Gasteiger partial charge in [-0.25, -0.2) is 4.39 Å². The minimum absolute atomic E-state index is 0.00715. The summed E-state index contributed by atoms with van der Waals surface area (Å²) in [6.07, 6.45) is -0.780. The number of benzene rings is 1. The van der Waals surface area contributed by atoms with Crippen LogP contribution >= 0.6 is 0 Å². The lowest BCUT2D eigenvalue weighted by molar-refractivity contribution is 0.0378. The first-order valence-electron chi connectivity index (χ1n) is 5.64. The van der Waals surface area contributed by atoms with Gasteiger partial charge in [0.15, 0.2) is 0 Å². The molecule has 18 heavy (non-hydrogen) atoms. The number of amides is 1. The Morgan fingerprint density at radius 3 is 2.78 bits per heavy atom. The highest BCUT2D eigenvalue weighted by molar-refractivity contribution is 5.94. The minimum Gasteiger partial charge on any atom is -0.389 e. The van der Waals surface area contributed by atoms with E-state index in [0.29, 0.717) is 0 Å².